The van der Waals surface area contributed by atoms with Crippen LogP contribution in [0.3, 0.4) is 0 Å². The molecule has 1 amide bonds. The van der Waals surface area contributed by atoms with Crippen LogP contribution in [0.2, 0.25) is 0 Å². The summed E-state index contributed by atoms with van der Waals surface area (Å²) in [7, 11) is 1.58. The average molecular weight is 272 g/mol. The molecule has 0 bridgehead atoms. The van der Waals surface area contributed by atoms with E-state index in [1.165, 1.54) is 5.56 Å². The van der Waals surface area contributed by atoms with Crippen molar-refractivity contribution in [1.82, 2.24) is 9.80 Å². The summed E-state index contributed by atoms with van der Waals surface area (Å²) >= 11 is 0. The van der Waals surface area contributed by atoms with Gasteiger partial charge in [0.25, 0.3) is 0 Å². The van der Waals surface area contributed by atoms with Crippen molar-refractivity contribution in [3.63, 3.8) is 0 Å². The maximum atomic E-state index is 11.7. The van der Waals surface area contributed by atoms with E-state index in [4.69, 9.17) is 0 Å². The number of hydrogen-bond donors (Lipinski definition) is 0. The topological polar surface area (TPSA) is 40.6 Å². The van der Waals surface area contributed by atoms with E-state index in [-0.39, 0.29) is 17.6 Å². The van der Waals surface area contributed by atoms with Gasteiger partial charge in [-0.25, -0.2) is 0 Å². The number of ketones is 1. The van der Waals surface area contributed by atoms with Crippen molar-refractivity contribution in [3.05, 3.63) is 35.9 Å². The maximum absolute atomic E-state index is 11.7. The zero-order valence-corrected chi connectivity index (χ0v) is 12.2. The number of piperazine rings is 1. The lowest BCUT2D eigenvalue weighted by Gasteiger charge is -2.41. The molecule has 0 unspecified atom stereocenters. The summed E-state index contributed by atoms with van der Waals surface area (Å²) in [5.41, 5.74) is 1.27. The summed E-state index contributed by atoms with van der Waals surface area (Å²) in [6.07, 6.45) is 0.449. The molecule has 0 N–H and O–H groups in total. The molecule has 1 aromatic rings. The fourth-order valence-electron chi connectivity index (χ4n) is 2.83. The van der Waals surface area contributed by atoms with E-state index in [2.05, 4.69) is 17.0 Å². The number of Topliss-reactive ketones (excluding diaryl/α,β-unsaturated/α-hetero) is 1. The fraction of sp³-hybridized carbons (Fsp3) is 0.467. The third-order valence-electron chi connectivity index (χ3n) is 3.74. The van der Waals surface area contributed by atoms with Gasteiger partial charge in [0.15, 0.2) is 5.81 Å². The van der Waals surface area contributed by atoms with Crippen molar-refractivity contribution in [2.45, 2.75) is 25.9 Å². The molecule has 0 radical (unpaired) electrons. The average Bonchev–Trinajstić information content (AvgIpc) is 2.39. The molecule has 20 heavy (non-hydrogen) atoms. The van der Waals surface area contributed by atoms with E-state index in [1.54, 1.807) is 14.8 Å². The van der Waals surface area contributed by atoms with E-state index in [0.29, 0.717) is 13.0 Å². The van der Waals surface area contributed by atoms with Gasteiger partial charge in [0.1, 0.15) is 5.78 Å². The van der Waals surface area contributed by atoms with Crippen LogP contribution in [0.15, 0.2) is 30.3 Å². The Labute approximate surface area is 121 Å². The monoisotopic (exact) mass is 272 g/mol. The van der Waals surface area contributed by atoms with Crippen molar-refractivity contribution in [3.8, 4) is 0 Å². The molecular weight excluding hydrogens is 251 g/mol. The molecule has 0 saturated carbocycles. The first-order chi connectivity index (χ1) is 9.56. The Balaban J connectivity index is 2.01. The minimum atomic E-state index is 0.0162. The third kappa shape index (κ3) is 3.94. The molecule has 1 aliphatic heterocycles. The number of nitrogens with zero attached hydrogens (tertiary/aromatic N) is 2. The number of amides is 1. The largest absolute Gasteiger partial charge is 0.346 e. The first-order valence-electron chi connectivity index (χ1n) is 7.09. The number of carbonyl (C=O) groups is 2. The van der Waals surface area contributed by atoms with E-state index in [0.717, 1.165) is 19.6 Å². The van der Waals surface area contributed by atoms with Crippen molar-refractivity contribution >= 4 is 19.4 Å². The molecule has 106 valence electrons. The molecule has 1 aromatic carbocycles. The molecule has 2 rings (SSSR count). The zero-order valence-electron chi connectivity index (χ0n) is 12.2. The Morgan fingerprint density at radius 2 is 1.95 bits per heavy atom. The van der Waals surface area contributed by atoms with Crippen LogP contribution in [0.25, 0.3) is 0 Å². The maximum Gasteiger partial charge on any atom is 0.215 e. The van der Waals surface area contributed by atoms with E-state index in [1.807, 2.05) is 23.1 Å². The second-order valence-electron chi connectivity index (χ2n) is 5.49. The number of benzene rings is 1. The molecule has 0 aliphatic carbocycles. The summed E-state index contributed by atoms with van der Waals surface area (Å²) in [5, 5.41) is 0. The predicted molar refractivity (Wildman–Crippen MR) is 81.5 cm³/mol. The molecule has 0 spiro atoms. The third-order valence-corrected chi connectivity index (χ3v) is 3.74. The first kappa shape index (κ1) is 14.8. The lowest BCUT2D eigenvalue weighted by molar-refractivity contribution is -0.118. The highest BCUT2D eigenvalue weighted by molar-refractivity contribution is 6.57. The molecular formula is C15H21BN2O2. The first-order valence-corrected chi connectivity index (χ1v) is 7.09. The van der Waals surface area contributed by atoms with E-state index < -0.39 is 0 Å². The lowest BCUT2D eigenvalue weighted by Crippen LogP contribution is -2.55. The minimum absolute atomic E-state index is 0.0162. The van der Waals surface area contributed by atoms with Gasteiger partial charge in [-0.05, 0) is 12.5 Å². The van der Waals surface area contributed by atoms with Crippen LogP contribution in [0.1, 0.15) is 18.9 Å². The quantitative estimate of drug-likeness (QED) is 0.765. The highest BCUT2D eigenvalue weighted by atomic mass is 16.2. The highest BCUT2D eigenvalue weighted by Gasteiger charge is 2.29. The normalized spacial score (nSPS) is 19.9. The predicted octanol–water partition coefficient (Wildman–Crippen LogP) is 0.905. The summed E-state index contributed by atoms with van der Waals surface area (Å²) in [6.45, 7) is 4.81. The summed E-state index contributed by atoms with van der Waals surface area (Å²) in [6, 6.07) is 10.3. The summed E-state index contributed by atoms with van der Waals surface area (Å²) < 4.78 is 0. The molecule has 0 aromatic heterocycles. The highest BCUT2D eigenvalue weighted by Crippen LogP contribution is 2.16. The van der Waals surface area contributed by atoms with E-state index >= 15 is 0 Å². The van der Waals surface area contributed by atoms with Gasteiger partial charge in [-0.3, -0.25) is 14.5 Å². The lowest BCUT2D eigenvalue weighted by atomic mass is 10.00. The van der Waals surface area contributed by atoms with Gasteiger partial charge >= 0.3 is 0 Å². The molecule has 1 heterocycles. The molecule has 1 saturated heterocycles. The van der Waals surface area contributed by atoms with Gasteiger partial charge in [0, 0.05) is 32.6 Å². The van der Waals surface area contributed by atoms with Crippen molar-refractivity contribution in [2.75, 3.05) is 19.6 Å². The number of carbonyl (C=O) groups excluding carboxylic acids is 2. The number of rotatable bonds is 4. The molecule has 1 aliphatic rings. The second kappa shape index (κ2) is 6.70. The minimum Gasteiger partial charge on any atom is -0.346 e. The van der Waals surface area contributed by atoms with Crippen LogP contribution in [-0.4, -0.2) is 54.9 Å². The molecule has 5 heteroatoms. The Kier molecular flexibility index (Phi) is 4.96. The van der Waals surface area contributed by atoms with Gasteiger partial charge < -0.3 is 4.90 Å². The zero-order chi connectivity index (χ0) is 14.5. The van der Waals surface area contributed by atoms with Crippen LogP contribution < -0.4 is 0 Å². The molecule has 1 atom stereocenters. The smallest absolute Gasteiger partial charge is 0.215 e. The van der Waals surface area contributed by atoms with Gasteiger partial charge in [-0.1, -0.05) is 30.3 Å². The van der Waals surface area contributed by atoms with Crippen molar-refractivity contribution < 1.29 is 9.59 Å². The summed E-state index contributed by atoms with van der Waals surface area (Å²) in [4.78, 5) is 27.2. The van der Waals surface area contributed by atoms with Crippen LogP contribution in [0.5, 0.6) is 0 Å². The standard InChI is InChI=1S/C15H21BN2O2/c1-12(19)9-14-11-17(7-8-18(14)15(16)20)10-13-5-3-2-4-6-13/h2-6,14H,7-11,16H2,1H3/t14-/m0/s1. The fourth-order valence-corrected chi connectivity index (χ4v) is 2.83. The molecule has 1 fully saturated rings. The Hall–Kier alpha value is -1.62. The van der Waals surface area contributed by atoms with Crippen LogP contribution in [0.4, 0.5) is 4.79 Å². The summed E-state index contributed by atoms with van der Waals surface area (Å²) in [5.74, 6) is 0.207. The number of hydrogen-bond acceptors (Lipinski definition) is 3. The molecule has 4 nitrogen and oxygen atoms in total. The van der Waals surface area contributed by atoms with Crippen LogP contribution in [-0.2, 0) is 11.3 Å². The van der Waals surface area contributed by atoms with Crippen LogP contribution in [0, 0.1) is 0 Å². The van der Waals surface area contributed by atoms with E-state index in [9.17, 15) is 9.59 Å². The Bertz CT molecular complexity index is 478. The SMILES string of the molecule is BC(=O)N1CCN(Cc2ccccc2)C[C@@H]1CC(C)=O. The van der Waals surface area contributed by atoms with Crippen molar-refractivity contribution in [1.29, 1.82) is 0 Å². The van der Waals surface area contributed by atoms with Gasteiger partial charge in [0.05, 0.1) is 6.04 Å². The van der Waals surface area contributed by atoms with Gasteiger partial charge in [-0.2, -0.15) is 0 Å². The van der Waals surface area contributed by atoms with Crippen LogP contribution >= 0.6 is 0 Å². The Morgan fingerprint density at radius 3 is 2.55 bits per heavy atom. The van der Waals surface area contributed by atoms with Gasteiger partial charge in [0.2, 0.25) is 7.85 Å². The van der Waals surface area contributed by atoms with Crippen molar-refractivity contribution in [2.24, 2.45) is 0 Å². The second-order valence-corrected chi connectivity index (χ2v) is 5.49. The van der Waals surface area contributed by atoms with Gasteiger partial charge in [-0.15, -0.1) is 0 Å². The Morgan fingerprint density at radius 1 is 1.25 bits per heavy atom.